The van der Waals surface area contributed by atoms with Crippen molar-refractivity contribution in [2.45, 2.75) is 77.2 Å². The molecule has 0 spiro atoms. The number of carbonyl (C=O) groups is 1. The summed E-state index contributed by atoms with van der Waals surface area (Å²) in [4.78, 5) is 11.8. The van der Waals surface area contributed by atoms with Gasteiger partial charge in [0.1, 0.15) is 6.04 Å². The van der Waals surface area contributed by atoms with Crippen LogP contribution >= 0.6 is 0 Å². The summed E-state index contributed by atoms with van der Waals surface area (Å²) in [5, 5.41) is 3.28. The van der Waals surface area contributed by atoms with Crippen LogP contribution in [0.3, 0.4) is 0 Å². The molecule has 0 saturated carbocycles. The summed E-state index contributed by atoms with van der Waals surface area (Å²) in [6, 6.07) is -0.0485. The van der Waals surface area contributed by atoms with Gasteiger partial charge in [-0.2, -0.15) is 0 Å². The Bertz CT molecular complexity index is 211. The first-order chi connectivity index (χ1) is 8.84. The highest BCUT2D eigenvalue weighted by Gasteiger charge is 2.20. The van der Waals surface area contributed by atoms with Crippen molar-refractivity contribution in [1.82, 2.24) is 5.32 Å². The molecule has 106 valence electrons. The molecule has 1 fully saturated rings. The van der Waals surface area contributed by atoms with Crippen LogP contribution in [-0.2, 0) is 9.53 Å². The lowest BCUT2D eigenvalue weighted by molar-refractivity contribution is -0.146. The van der Waals surface area contributed by atoms with E-state index in [1.54, 1.807) is 0 Å². The lowest BCUT2D eigenvalue weighted by Crippen LogP contribution is -2.37. The topological polar surface area (TPSA) is 38.3 Å². The molecule has 0 radical (unpaired) electrons. The monoisotopic (exact) mass is 255 g/mol. The predicted octanol–water partition coefficient (Wildman–Crippen LogP) is 3.42. The van der Waals surface area contributed by atoms with Crippen LogP contribution in [0.1, 0.15) is 71.1 Å². The molecule has 1 aliphatic rings. The zero-order chi connectivity index (χ0) is 13.1. The van der Waals surface area contributed by atoms with Crippen molar-refractivity contribution in [3.63, 3.8) is 0 Å². The summed E-state index contributed by atoms with van der Waals surface area (Å²) in [5.74, 6) is -0.0366. The highest BCUT2D eigenvalue weighted by Crippen LogP contribution is 2.10. The molecule has 1 rings (SSSR count). The molecule has 1 unspecified atom stereocenters. The third kappa shape index (κ3) is 7.00. The molecule has 3 heteroatoms. The first kappa shape index (κ1) is 15.5. The molecule has 1 saturated heterocycles. The number of ether oxygens (including phenoxy) is 1. The Kier molecular flexibility index (Phi) is 8.92. The molecule has 1 atom stereocenters. The second kappa shape index (κ2) is 10.4. The van der Waals surface area contributed by atoms with Crippen molar-refractivity contribution in [2.75, 3.05) is 13.2 Å². The van der Waals surface area contributed by atoms with Crippen LogP contribution in [-0.4, -0.2) is 25.2 Å². The fraction of sp³-hybridized carbons (Fsp3) is 0.933. The normalized spacial score (nSPS) is 20.4. The van der Waals surface area contributed by atoms with Gasteiger partial charge in [0.25, 0.3) is 0 Å². The van der Waals surface area contributed by atoms with Crippen LogP contribution in [0.4, 0.5) is 0 Å². The minimum absolute atomic E-state index is 0.0366. The highest BCUT2D eigenvalue weighted by molar-refractivity contribution is 5.75. The average Bonchev–Trinajstić information content (AvgIpc) is 2.66. The molecular formula is C15H29NO2. The zero-order valence-corrected chi connectivity index (χ0v) is 11.9. The van der Waals surface area contributed by atoms with Gasteiger partial charge >= 0.3 is 5.97 Å². The van der Waals surface area contributed by atoms with Crippen LogP contribution in [0.15, 0.2) is 0 Å². The van der Waals surface area contributed by atoms with Gasteiger partial charge in [-0.15, -0.1) is 0 Å². The van der Waals surface area contributed by atoms with Crippen LogP contribution in [0.5, 0.6) is 0 Å². The third-order valence-corrected chi connectivity index (χ3v) is 3.59. The van der Waals surface area contributed by atoms with Crippen molar-refractivity contribution in [1.29, 1.82) is 0 Å². The van der Waals surface area contributed by atoms with Crippen molar-refractivity contribution in [3.8, 4) is 0 Å². The number of hydrogen-bond donors (Lipinski definition) is 1. The number of rotatable bonds is 8. The van der Waals surface area contributed by atoms with Crippen molar-refractivity contribution in [3.05, 3.63) is 0 Å². The van der Waals surface area contributed by atoms with Crippen molar-refractivity contribution < 1.29 is 9.53 Å². The largest absolute Gasteiger partial charge is 0.465 e. The Labute approximate surface area is 112 Å². The van der Waals surface area contributed by atoms with Gasteiger partial charge in [0.05, 0.1) is 6.61 Å². The molecule has 1 N–H and O–H groups in total. The maximum atomic E-state index is 11.8. The quantitative estimate of drug-likeness (QED) is 0.533. The maximum Gasteiger partial charge on any atom is 0.323 e. The molecule has 3 nitrogen and oxygen atoms in total. The van der Waals surface area contributed by atoms with Crippen molar-refractivity contribution >= 4 is 5.97 Å². The Hall–Kier alpha value is -0.570. The van der Waals surface area contributed by atoms with E-state index in [0.29, 0.717) is 6.61 Å². The molecule has 1 aliphatic heterocycles. The Morgan fingerprint density at radius 1 is 1.11 bits per heavy atom. The van der Waals surface area contributed by atoms with Gasteiger partial charge in [0.15, 0.2) is 0 Å². The summed E-state index contributed by atoms with van der Waals surface area (Å²) in [6.45, 7) is 3.78. The summed E-state index contributed by atoms with van der Waals surface area (Å²) in [7, 11) is 0. The lowest BCUT2D eigenvalue weighted by Gasteiger charge is -2.14. The molecule has 1 heterocycles. The number of hydrogen-bond acceptors (Lipinski definition) is 3. The fourth-order valence-electron chi connectivity index (χ4n) is 2.39. The van der Waals surface area contributed by atoms with Gasteiger partial charge < -0.3 is 10.1 Å². The van der Waals surface area contributed by atoms with Crippen molar-refractivity contribution in [2.24, 2.45) is 0 Å². The van der Waals surface area contributed by atoms with Gasteiger partial charge in [0.2, 0.25) is 0 Å². The zero-order valence-electron chi connectivity index (χ0n) is 11.9. The Balaban J connectivity index is 1.98. The highest BCUT2D eigenvalue weighted by atomic mass is 16.5. The second-order valence-electron chi connectivity index (χ2n) is 5.29. The van der Waals surface area contributed by atoms with E-state index in [1.807, 2.05) is 0 Å². The number of esters is 1. The molecular weight excluding hydrogens is 226 g/mol. The van der Waals surface area contributed by atoms with Crippen LogP contribution in [0.25, 0.3) is 0 Å². The van der Waals surface area contributed by atoms with E-state index in [9.17, 15) is 4.79 Å². The number of unbranched alkanes of at least 4 members (excludes halogenated alkanes) is 5. The van der Waals surface area contributed by atoms with Gasteiger partial charge in [-0.1, -0.05) is 51.9 Å². The fourth-order valence-corrected chi connectivity index (χ4v) is 2.39. The van der Waals surface area contributed by atoms with E-state index < -0.39 is 0 Å². The lowest BCUT2D eigenvalue weighted by atomic mass is 10.1. The third-order valence-electron chi connectivity index (χ3n) is 3.59. The van der Waals surface area contributed by atoms with E-state index in [4.69, 9.17) is 4.74 Å². The first-order valence-corrected chi connectivity index (χ1v) is 7.74. The van der Waals surface area contributed by atoms with E-state index in [0.717, 1.165) is 25.8 Å². The minimum atomic E-state index is -0.0485. The van der Waals surface area contributed by atoms with E-state index in [2.05, 4.69) is 12.2 Å². The summed E-state index contributed by atoms with van der Waals surface area (Å²) >= 11 is 0. The molecule has 0 aromatic rings. The van der Waals surface area contributed by atoms with Crippen LogP contribution in [0.2, 0.25) is 0 Å². The summed E-state index contributed by atoms with van der Waals surface area (Å²) < 4.78 is 5.34. The maximum absolute atomic E-state index is 11.8. The number of carbonyl (C=O) groups excluding carboxylic acids is 1. The Morgan fingerprint density at radius 2 is 1.89 bits per heavy atom. The molecule has 0 aromatic carbocycles. The summed E-state index contributed by atoms with van der Waals surface area (Å²) in [5.41, 5.74) is 0. The van der Waals surface area contributed by atoms with Gasteiger partial charge in [0, 0.05) is 0 Å². The number of nitrogens with one attached hydrogen (secondary N) is 1. The second-order valence-corrected chi connectivity index (χ2v) is 5.29. The standard InChI is InChI=1S/C15H29NO2/c1-2-3-4-5-6-10-13-18-15(17)14-11-8-7-9-12-16-14/h14,16H,2-13H2,1H3. The predicted molar refractivity (Wildman–Crippen MR) is 74.6 cm³/mol. The van der Waals surface area contributed by atoms with Gasteiger partial charge in [-0.3, -0.25) is 4.79 Å². The molecule has 0 aromatic heterocycles. The Morgan fingerprint density at radius 3 is 2.72 bits per heavy atom. The smallest absolute Gasteiger partial charge is 0.323 e. The van der Waals surface area contributed by atoms with Crippen LogP contribution in [0, 0.1) is 0 Å². The molecule has 0 amide bonds. The molecule has 18 heavy (non-hydrogen) atoms. The summed E-state index contributed by atoms with van der Waals surface area (Å²) in [6.07, 6.45) is 11.9. The molecule has 0 aliphatic carbocycles. The van der Waals surface area contributed by atoms with E-state index >= 15 is 0 Å². The minimum Gasteiger partial charge on any atom is -0.465 e. The van der Waals surface area contributed by atoms with Gasteiger partial charge in [-0.05, 0) is 25.8 Å². The average molecular weight is 255 g/mol. The van der Waals surface area contributed by atoms with Gasteiger partial charge in [-0.25, -0.2) is 0 Å². The van der Waals surface area contributed by atoms with E-state index in [-0.39, 0.29) is 12.0 Å². The molecule has 0 bridgehead atoms. The SMILES string of the molecule is CCCCCCCCOC(=O)C1CCCCCN1. The first-order valence-electron chi connectivity index (χ1n) is 7.74. The van der Waals surface area contributed by atoms with Crippen LogP contribution < -0.4 is 5.32 Å². The van der Waals surface area contributed by atoms with E-state index in [1.165, 1.54) is 44.9 Å².